The highest BCUT2D eigenvalue weighted by molar-refractivity contribution is 5.80. The first-order chi connectivity index (χ1) is 12.8. The Kier molecular flexibility index (Phi) is 7.25. The molecule has 0 aliphatic rings. The van der Waals surface area contributed by atoms with E-state index < -0.39 is 5.60 Å². The van der Waals surface area contributed by atoms with Crippen molar-refractivity contribution in [2.24, 2.45) is 4.99 Å². The van der Waals surface area contributed by atoms with E-state index in [0.717, 1.165) is 17.7 Å². The van der Waals surface area contributed by atoms with E-state index in [1.807, 2.05) is 58.3 Å². The van der Waals surface area contributed by atoms with Crippen molar-refractivity contribution in [1.29, 1.82) is 0 Å². The van der Waals surface area contributed by atoms with Crippen LogP contribution in [-0.2, 0) is 12.1 Å². The Balaban J connectivity index is 2.11. The molecule has 0 aliphatic carbocycles. The number of aryl methyl sites for hydroxylation is 1. The predicted octanol–water partition coefficient (Wildman–Crippen LogP) is 3.02. The predicted molar refractivity (Wildman–Crippen MR) is 114 cm³/mol. The van der Waals surface area contributed by atoms with Gasteiger partial charge in [0.05, 0.1) is 13.1 Å². The van der Waals surface area contributed by atoms with Crippen molar-refractivity contribution in [3.05, 3.63) is 65.2 Å². The Morgan fingerprint density at radius 2 is 1.81 bits per heavy atom. The van der Waals surface area contributed by atoms with E-state index >= 15 is 0 Å². The highest BCUT2D eigenvalue weighted by atomic mass is 16.3. The van der Waals surface area contributed by atoms with E-state index in [1.54, 1.807) is 0 Å². The van der Waals surface area contributed by atoms with Gasteiger partial charge in [-0.05, 0) is 43.5 Å². The molecule has 0 heterocycles. The monoisotopic (exact) mass is 368 g/mol. The summed E-state index contributed by atoms with van der Waals surface area (Å²) in [6.45, 7) is 7.63. The van der Waals surface area contributed by atoms with Gasteiger partial charge in [0, 0.05) is 26.3 Å². The lowest BCUT2D eigenvalue weighted by molar-refractivity contribution is 0.0617. The summed E-state index contributed by atoms with van der Waals surface area (Å²) in [6.07, 6.45) is 0. The topological polar surface area (TPSA) is 59.9 Å². The summed E-state index contributed by atoms with van der Waals surface area (Å²) >= 11 is 0. The SMILES string of the molecule is CCNC(=NCc1ccc(C)cc1N(C)C)NCC(C)(O)c1ccccc1. The zero-order valence-corrected chi connectivity index (χ0v) is 17.1. The molecule has 0 fully saturated rings. The smallest absolute Gasteiger partial charge is 0.191 e. The summed E-state index contributed by atoms with van der Waals surface area (Å²) in [5.74, 6) is 0.694. The Bertz CT molecular complexity index is 754. The molecule has 1 atom stereocenters. The van der Waals surface area contributed by atoms with Gasteiger partial charge >= 0.3 is 0 Å². The number of aliphatic imine (C=N–C) groups is 1. The average Bonchev–Trinajstić information content (AvgIpc) is 2.65. The maximum absolute atomic E-state index is 10.8. The Labute approximate surface area is 163 Å². The molecule has 0 saturated carbocycles. The largest absolute Gasteiger partial charge is 0.384 e. The van der Waals surface area contributed by atoms with Crippen LogP contribution in [0.5, 0.6) is 0 Å². The number of rotatable bonds is 7. The second kappa shape index (κ2) is 9.42. The highest BCUT2D eigenvalue weighted by Gasteiger charge is 2.22. The number of benzene rings is 2. The molecule has 146 valence electrons. The molecule has 2 rings (SSSR count). The molecule has 5 nitrogen and oxygen atoms in total. The van der Waals surface area contributed by atoms with Gasteiger partial charge < -0.3 is 20.6 Å². The van der Waals surface area contributed by atoms with Crippen molar-refractivity contribution in [3.63, 3.8) is 0 Å². The third kappa shape index (κ3) is 6.00. The first-order valence-corrected chi connectivity index (χ1v) is 9.40. The van der Waals surface area contributed by atoms with Gasteiger partial charge in [-0.25, -0.2) is 4.99 Å². The fourth-order valence-electron chi connectivity index (χ4n) is 2.88. The second-order valence-corrected chi connectivity index (χ2v) is 7.22. The van der Waals surface area contributed by atoms with Crippen LogP contribution in [0.25, 0.3) is 0 Å². The standard InChI is InChI=1S/C22H32N4O/c1-6-23-21(25-16-22(3,27)19-10-8-7-9-11-19)24-15-18-13-12-17(2)14-20(18)26(4)5/h7-14,27H,6,15-16H2,1-5H3,(H2,23,24,25). The van der Waals surface area contributed by atoms with Gasteiger partial charge in [0.25, 0.3) is 0 Å². The van der Waals surface area contributed by atoms with Gasteiger partial charge in [0.2, 0.25) is 0 Å². The minimum absolute atomic E-state index is 0.372. The summed E-state index contributed by atoms with van der Waals surface area (Å²) in [6, 6.07) is 16.1. The van der Waals surface area contributed by atoms with Crippen LogP contribution in [0.3, 0.4) is 0 Å². The molecule has 0 bridgehead atoms. The second-order valence-electron chi connectivity index (χ2n) is 7.22. The number of nitrogens with zero attached hydrogens (tertiary/aromatic N) is 2. The fraction of sp³-hybridized carbons (Fsp3) is 0.409. The van der Waals surface area contributed by atoms with Crippen molar-refractivity contribution in [1.82, 2.24) is 10.6 Å². The van der Waals surface area contributed by atoms with Gasteiger partial charge in [0.15, 0.2) is 5.96 Å². The summed E-state index contributed by atoms with van der Waals surface area (Å²) < 4.78 is 0. The van der Waals surface area contributed by atoms with Crippen LogP contribution in [0.15, 0.2) is 53.5 Å². The van der Waals surface area contributed by atoms with Crippen molar-refractivity contribution in [3.8, 4) is 0 Å². The molecule has 2 aromatic rings. The van der Waals surface area contributed by atoms with E-state index in [1.165, 1.54) is 11.3 Å². The zero-order valence-electron chi connectivity index (χ0n) is 17.1. The van der Waals surface area contributed by atoms with E-state index in [-0.39, 0.29) is 0 Å². The molecule has 5 heteroatoms. The van der Waals surface area contributed by atoms with Crippen LogP contribution < -0.4 is 15.5 Å². The Morgan fingerprint density at radius 1 is 1.11 bits per heavy atom. The molecule has 27 heavy (non-hydrogen) atoms. The van der Waals surface area contributed by atoms with Gasteiger partial charge in [-0.15, -0.1) is 0 Å². The van der Waals surface area contributed by atoms with E-state index in [0.29, 0.717) is 19.0 Å². The number of anilines is 1. The first-order valence-electron chi connectivity index (χ1n) is 9.40. The van der Waals surface area contributed by atoms with Crippen molar-refractivity contribution in [2.45, 2.75) is 32.9 Å². The molecule has 0 radical (unpaired) electrons. The quantitative estimate of drug-likeness (QED) is 0.519. The molecule has 0 amide bonds. The normalized spacial score (nSPS) is 13.8. The van der Waals surface area contributed by atoms with Crippen LogP contribution in [0.2, 0.25) is 0 Å². The lowest BCUT2D eigenvalue weighted by Gasteiger charge is -2.25. The lowest BCUT2D eigenvalue weighted by atomic mass is 9.96. The Morgan fingerprint density at radius 3 is 2.44 bits per heavy atom. The molecule has 1 unspecified atom stereocenters. The highest BCUT2D eigenvalue weighted by Crippen LogP contribution is 2.21. The fourth-order valence-corrected chi connectivity index (χ4v) is 2.88. The van der Waals surface area contributed by atoms with E-state index in [4.69, 9.17) is 4.99 Å². The van der Waals surface area contributed by atoms with E-state index in [9.17, 15) is 5.11 Å². The van der Waals surface area contributed by atoms with Crippen LogP contribution >= 0.6 is 0 Å². The summed E-state index contributed by atoms with van der Waals surface area (Å²) in [4.78, 5) is 6.82. The van der Waals surface area contributed by atoms with Crippen LogP contribution in [0, 0.1) is 6.92 Å². The van der Waals surface area contributed by atoms with E-state index in [2.05, 4.69) is 40.7 Å². The van der Waals surface area contributed by atoms with Gasteiger partial charge in [-0.2, -0.15) is 0 Å². The molecule has 0 saturated heterocycles. The van der Waals surface area contributed by atoms with Gasteiger partial charge in [-0.3, -0.25) is 0 Å². The summed E-state index contributed by atoms with van der Waals surface area (Å²) in [5, 5.41) is 17.3. The third-order valence-corrected chi connectivity index (χ3v) is 4.47. The molecular weight excluding hydrogens is 336 g/mol. The number of hydrogen-bond acceptors (Lipinski definition) is 3. The van der Waals surface area contributed by atoms with Crippen molar-refractivity contribution in [2.75, 3.05) is 32.1 Å². The molecule has 0 aliphatic heterocycles. The van der Waals surface area contributed by atoms with Crippen molar-refractivity contribution >= 4 is 11.6 Å². The molecule has 0 spiro atoms. The molecule has 3 N–H and O–H groups in total. The van der Waals surface area contributed by atoms with Gasteiger partial charge in [-0.1, -0.05) is 42.5 Å². The lowest BCUT2D eigenvalue weighted by Crippen LogP contribution is -2.44. The van der Waals surface area contributed by atoms with Crippen LogP contribution in [-0.4, -0.2) is 38.3 Å². The molecule has 2 aromatic carbocycles. The van der Waals surface area contributed by atoms with Gasteiger partial charge in [0.1, 0.15) is 5.60 Å². The van der Waals surface area contributed by atoms with Crippen molar-refractivity contribution < 1.29 is 5.11 Å². The minimum Gasteiger partial charge on any atom is -0.384 e. The number of hydrogen-bond donors (Lipinski definition) is 3. The minimum atomic E-state index is -0.976. The Hall–Kier alpha value is -2.53. The molecular formula is C22H32N4O. The third-order valence-electron chi connectivity index (χ3n) is 4.47. The number of aliphatic hydroxyl groups is 1. The maximum atomic E-state index is 10.8. The van der Waals surface area contributed by atoms with Crippen LogP contribution in [0.1, 0.15) is 30.5 Å². The maximum Gasteiger partial charge on any atom is 0.191 e. The first kappa shape index (κ1) is 20.8. The average molecular weight is 369 g/mol. The zero-order chi connectivity index (χ0) is 19.9. The number of guanidine groups is 1. The molecule has 0 aromatic heterocycles. The summed E-state index contributed by atoms with van der Waals surface area (Å²) in [5.41, 5.74) is 3.47. The van der Waals surface area contributed by atoms with Crippen LogP contribution in [0.4, 0.5) is 5.69 Å². The number of nitrogens with one attached hydrogen (secondary N) is 2. The summed E-state index contributed by atoms with van der Waals surface area (Å²) in [7, 11) is 4.09.